The molecular weight excluding hydrogens is 769 g/mol. The van der Waals surface area contributed by atoms with Gasteiger partial charge in [-0.2, -0.15) is 0 Å². The monoisotopic (exact) mass is 839 g/mol. The van der Waals surface area contributed by atoms with Crippen molar-refractivity contribution in [3.8, 4) is 0 Å². The molecule has 1 spiro atoms. The Bertz CT molecular complexity index is 1710. The van der Waals surface area contributed by atoms with Gasteiger partial charge in [-0.15, -0.1) is 0 Å². The van der Waals surface area contributed by atoms with Crippen LogP contribution < -0.4 is 16.0 Å². The third-order valence-corrected chi connectivity index (χ3v) is 14.4. The molecule has 0 radical (unpaired) electrons. The highest BCUT2D eigenvalue weighted by Gasteiger charge is 2.86. The number of amides is 5. The summed E-state index contributed by atoms with van der Waals surface area (Å²) >= 11 is 0. The fourth-order valence-corrected chi connectivity index (χ4v) is 10.7. The number of methoxy groups -OCH3 is 2. The van der Waals surface area contributed by atoms with E-state index in [4.69, 9.17) is 9.47 Å². The Morgan fingerprint density at radius 1 is 1.00 bits per heavy atom. The number of piperidine rings is 2. The first-order chi connectivity index (χ1) is 28.5. The molecule has 4 N–H and O–H groups in total. The molecule has 334 valence electrons. The van der Waals surface area contributed by atoms with Crippen LogP contribution in [0.5, 0.6) is 0 Å². The number of nitrogens with one attached hydrogen (secondary N) is 3. The van der Waals surface area contributed by atoms with Crippen LogP contribution in [0.2, 0.25) is 0 Å². The molecule has 2 aliphatic carbocycles. The maximum Gasteiger partial charge on any atom is 0.326 e. The average molecular weight is 839 g/mol. The van der Waals surface area contributed by atoms with E-state index in [9.17, 15) is 33.9 Å². The van der Waals surface area contributed by atoms with E-state index in [0.717, 1.165) is 12.0 Å². The van der Waals surface area contributed by atoms with Crippen LogP contribution in [-0.4, -0.2) is 145 Å². The molecule has 2 saturated carbocycles. The van der Waals surface area contributed by atoms with Crippen molar-refractivity contribution in [2.75, 3.05) is 41.4 Å². The topological polar surface area (TPSA) is 187 Å². The van der Waals surface area contributed by atoms with Gasteiger partial charge in [0.15, 0.2) is 0 Å². The van der Waals surface area contributed by atoms with Crippen LogP contribution in [0.15, 0.2) is 30.3 Å². The van der Waals surface area contributed by atoms with Gasteiger partial charge in [0.2, 0.25) is 29.5 Å². The average Bonchev–Trinajstić information content (AvgIpc) is 3.94. The Labute approximate surface area is 356 Å². The quantitative estimate of drug-likeness (QED) is 0.135. The molecule has 4 aliphatic rings. The minimum atomic E-state index is -1.15. The first-order valence-electron chi connectivity index (χ1n) is 21.9. The van der Waals surface area contributed by atoms with Crippen LogP contribution in [-0.2, 0) is 44.7 Å². The van der Waals surface area contributed by atoms with Crippen LogP contribution in [0, 0.1) is 35.0 Å². The molecule has 15 heteroatoms. The molecule has 60 heavy (non-hydrogen) atoms. The molecule has 5 amide bonds. The Kier molecular flexibility index (Phi) is 15.5. The first kappa shape index (κ1) is 47.0. The van der Waals surface area contributed by atoms with Crippen LogP contribution >= 0.6 is 0 Å². The number of carboxylic acids is 1. The zero-order valence-electron chi connectivity index (χ0n) is 37.3. The van der Waals surface area contributed by atoms with Gasteiger partial charge in [0, 0.05) is 58.7 Å². The number of aliphatic carboxylic acids is 1. The van der Waals surface area contributed by atoms with Crippen molar-refractivity contribution in [3.05, 3.63) is 35.9 Å². The number of hydrogen-bond acceptors (Lipinski definition) is 9. The third-order valence-electron chi connectivity index (χ3n) is 14.4. The summed E-state index contributed by atoms with van der Waals surface area (Å²) in [5, 5.41) is 18.7. The summed E-state index contributed by atoms with van der Waals surface area (Å²) in [7, 11) is 6.53. The number of ether oxygens (including phenoxy) is 2. The van der Waals surface area contributed by atoms with Crippen LogP contribution in [0.3, 0.4) is 0 Å². The number of benzene rings is 1. The van der Waals surface area contributed by atoms with Gasteiger partial charge in [0.1, 0.15) is 18.1 Å². The smallest absolute Gasteiger partial charge is 0.326 e. The lowest BCUT2D eigenvalue weighted by molar-refractivity contribution is -0.149. The lowest BCUT2D eigenvalue weighted by Crippen LogP contribution is -2.60. The van der Waals surface area contributed by atoms with Gasteiger partial charge in [-0.05, 0) is 55.5 Å². The van der Waals surface area contributed by atoms with Crippen molar-refractivity contribution in [2.45, 2.75) is 135 Å². The van der Waals surface area contributed by atoms with Crippen molar-refractivity contribution in [1.82, 2.24) is 30.7 Å². The lowest BCUT2D eigenvalue weighted by atomic mass is 9.89. The number of hydrogen-bond donors (Lipinski definition) is 4. The first-order valence-corrected chi connectivity index (χ1v) is 21.9. The second kappa shape index (κ2) is 19.7. The van der Waals surface area contributed by atoms with E-state index >= 15 is 0 Å². The predicted molar refractivity (Wildman–Crippen MR) is 225 cm³/mol. The van der Waals surface area contributed by atoms with Crippen molar-refractivity contribution in [3.63, 3.8) is 0 Å². The van der Waals surface area contributed by atoms with E-state index in [2.05, 4.69) is 22.9 Å². The molecule has 15 nitrogen and oxygen atoms in total. The Morgan fingerprint density at radius 2 is 1.68 bits per heavy atom. The second-order valence-corrected chi connectivity index (χ2v) is 18.2. The molecule has 0 aromatic heterocycles. The molecule has 2 saturated heterocycles. The highest BCUT2D eigenvalue weighted by atomic mass is 16.5. The molecule has 4 fully saturated rings. The minimum absolute atomic E-state index is 0.0271. The number of carbonyl (C=O) groups is 6. The van der Waals surface area contributed by atoms with Gasteiger partial charge in [-0.3, -0.25) is 24.0 Å². The van der Waals surface area contributed by atoms with Crippen LogP contribution in [0.1, 0.15) is 85.6 Å². The van der Waals surface area contributed by atoms with Crippen LogP contribution in [0.4, 0.5) is 0 Å². The molecule has 1 aromatic rings. The van der Waals surface area contributed by atoms with Gasteiger partial charge < -0.3 is 45.2 Å². The molecular formula is C45H70N6O9. The number of carbonyl (C=O) groups excluding carboxylic acids is 5. The third kappa shape index (κ3) is 9.37. The van der Waals surface area contributed by atoms with Gasteiger partial charge in [-0.25, -0.2) is 4.79 Å². The largest absolute Gasteiger partial charge is 0.480 e. The standard InChI is InChI=1S/C45H70N6O9/c1-11-26(4)38(49(8)43(56)37(25(2)3)48-42(55)39-36-28(6)45(36)24-33(45)51(39)34(52)19-20-46-7)32(59-9)23-35(53)50-21-15-18-31(50)40(60-10)27(5)41(54)47-30(44(57)58)22-29-16-13-12-14-17-29/h12-14,16-17,25-28,30-33,36-40,46H,11,15,18-24H2,1-10H3,(H,47,54)(H,48,55)(H,57,58)/t26-,27+,28-,30-,31-,32+,33?,36-,37-,38-,39-,40+,45?/m0/s1. The number of carboxylic acid groups (broad SMARTS) is 1. The molecule has 2 unspecified atom stereocenters. The molecule has 0 bridgehead atoms. The Balaban J connectivity index is 1.27. The lowest BCUT2D eigenvalue weighted by Gasteiger charge is -2.41. The number of likely N-dealkylation sites (tertiary alicyclic amines) is 2. The van der Waals surface area contributed by atoms with Crippen LogP contribution in [0.25, 0.3) is 0 Å². The molecule has 2 aliphatic heterocycles. The van der Waals surface area contributed by atoms with Crippen molar-refractivity contribution in [1.29, 1.82) is 0 Å². The van der Waals surface area contributed by atoms with Crippen molar-refractivity contribution < 1.29 is 43.3 Å². The SMILES string of the molecule is CC[C@H](C)[C@@H]([C@@H](CC(=O)N1CCC[C@H]1[C@H](OC)[C@@H](C)C(=O)N[C@@H](Cc1ccccc1)C(=O)O)OC)N(C)C(=O)[C@@H](NC(=O)[C@@H]1[C@@H]2[C@H](C)C23CC3N1C(=O)CCNC)C(C)C. The van der Waals surface area contributed by atoms with E-state index in [1.54, 1.807) is 35.7 Å². The van der Waals surface area contributed by atoms with E-state index < -0.39 is 60.2 Å². The summed E-state index contributed by atoms with van der Waals surface area (Å²) in [4.78, 5) is 87.3. The summed E-state index contributed by atoms with van der Waals surface area (Å²) in [5.41, 5.74) is 0.805. The maximum atomic E-state index is 14.6. The molecule has 1 aromatic carbocycles. The second-order valence-electron chi connectivity index (χ2n) is 18.2. The predicted octanol–water partition coefficient (Wildman–Crippen LogP) is 2.70. The summed E-state index contributed by atoms with van der Waals surface area (Å²) < 4.78 is 11.9. The summed E-state index contributed by atoms with van der Waals surface area (Å²) in [6, 6.07) is 5.58. The van der Waals surface area contributed by atoms with Gasteiger partial charge >= 0.3 is 5.97 Å². The zero-order chi connectivity index (χ0) is 44.2. The van der Waals surface area contributed by atoms with Crippen molar-refractivity contribution >= 4 is 35.5 Å². The molecule has 13 atom stereocenters. The summed E-state index contributed by atoms with van der Waals surface area (Å²) in [6.07, 6.45) is 1.89. The molecule has 2 heterocycles. The summed E-state index contributed by atoms with van der Waals surface area (Å²) in [5.74, 6) is -3.14. The zero-order valence-corrected chi connectivity index (χ0v) is 37.3. The maximum absolute atomic E-state index is 14.6. The van der Waals surface area contributed by atoms with Gasteiger partial charge in [0.05, 0.1) is 36.6 Å². The number of likely N-dealkylation sites (N-methyl/N-ethyl adjacent to an activating group) is 1. The number of nitrogens with zero attached hydrogens (tertiary/aromatic N) is 3. The van der Waals surface area contributed by atoms with E-state index in [-0.39, 0.29) is 65.7 Å². The van der Waals surface area contributed by atoms with Gasteiger partial charge in [0.25, 0.3) is 0 Å². The fourth-order valence-electron chi connectivity index (χ4n) is 10.7. The Hall–Kier alpha value is -4.08. The number of rotatable bonds is 22. The highest BCUT2D eigenvalue weighted by molar-refractivity contribution is 5.94. The normalized spacial score (nSPS) is 27.4. The highest BCUT2D eigenvalue weighted by Crippen LogP contribution is 2.82. The fraction of sp³-hybridized carbons (Fsp3) is 0.733. The van der Waals surface area contributed by atoms with E-state index in [1.165, 1.54) is 14.2 Å². The molecule has 5 rings (SSSR count). The Morgan fingerprint density at radius 3 is 2.27 bits per heavy atom. The minimum Gasteiger partial charge on any atom is -0.480 e. The summed E-state index contributed by atoms with van der Waals surface area (Å²) in [6.45, 7) is 12.6. The van der Waals surface area contributed by atoms with Crippen molar-refractivity contribution in [2.24, 2.45) is 35.0 Å². The van der Waals surface area contributed by atoms with Gasteiger partial charge in [-0.1, -0.05) is 78.3 Å². The van der Waals surface area contributed by atoms with E-state index in [0.29, 0.717) is 44.7 Å². The van der Waals surface area contributed by atoms with E-state index in [1.807, 2.05) is 58.0 Å².